The highest BCUT2D eigenvalue weighted by atomic mass is 19.4. The topological polar surface area (TPSA) is 47.2 Å². The molecular formula is C28H33F4N5. The average molecular weight is 516 g/mol. The highest BCUT2D eigenvalue weighted by Gasteiger charge is 2.42. The standard InChI is InChI=1S/C28H33F4N5/c1-17-11-23-22-12-18-3-4-19(18)13-25(22)35-26(23)27(37(17)16-28(30,31)32)24-6-5-20(14-33-24)34-21-7-10-36(15-21)9-2-8-29/h5-6,12-14,17,21,27,34-35H,2-4,7-11,15-16H2,1H3/t17?,21-,27?/m0/s1. The number of benzene rings is 1. The van der Waals surface area contributed by atoms with Crippen LogP contribution >= 0.6 is 0 Å². The summed E-state index contributed by atoms with van der Waals surface area (Å²) in [6.07, 6.45) is 1.63. The molecule has 0 spiro atoms. The van der Waals surface area contributed by atoms with Crippen LogP contribution in [0.3, 0.4) is 0 Å². The lowest BCUT2D eigenvalue weighted by molar-refractivity contribution is -0.155. The van der Waals surface area contributed by atoms with Crippen molar-refractivity contribution >= 4 is 16.6 Å². The van der Waals surface area contributed by atoms with Gasteiger partial charge in [0.25, 0.3) is 0 Å². The van der Waals surface area contributed by atoms with Crippen LogP contribution < -0.4 is 5.32 Å². The van der Waals surface area contributed by atoms with E-state index in [0.717, 1.165) is 66.7 Å². The third-order valence-corrected chi connectivity index (χ3v) is 8.27. The lowest BCUT2D eigenvalue weighted by Crippen LogP contribution is -2.47. The van der Waals surface area contributed by atoms with E-state index in [-0.39, 0.29) is 18.8 Å². The molecule has 2 aliphatic heterocycles. The van der Waals surface area contributed by atoms with E-state index >= 15 is 0 Å². The van der Waals surface area contributed by atoms with E-state index in [1.807, 2.05) is 19.1 Å². The molecule has 0 radical (unpaired) electrons. The molecule has 9 heteroatoms. The zero-order chi connectivity index (χ0) is 25.7. The molecule has 6 rings (SSSR count). The monoisotopic (exact) mass is 515 g/mol. The molecule has 3 atom stereocenters. The Morgan fingerprint density at radius 2 is 1.97 bits per heavy atom. The summed E-state index contributed by atoms with van der Waals surface area (Å²) < 4.78 is 53.6. The van der Waals surface area contributed by atoms with E-state index in [4.69, 9.17) is 0 Å². The molecule has 0 amide bonds. The maximum atomic E-state index is 13.7. The summed E-state index contributed by atoms with van der Waals surface area (Å²) in [5.74, 6) is 0. The number of fused-ring (bicyclic) bond motifs is 4. The van der Waals surface area contributed by atoms with Gasteiger partial charge in [-0.2, -0.15) is 13.2 Å². The smallest absolute Gasteiger partial charge is 0.380 e. The SMILES string of the molecule is CC1Cc2c([nH]c3cc4c(cc23)CC4)C(c2ccc(N[C@H]3CCN(CCCF)C3)cn2)N1CC(F)(F)F. The predicted molar refractivity (Wildman–Crippen MR) is 137 cm³/mol. The van der Waals surface area contributed by atoms with E-state index in [1.165, 1.54) is 16.0 Å². The van der Waals surface area contributed by atoms with Crippen molar-refractivity contribution in [2.75, 3.05) is 38.2 Å². The molecule has 5 nitrogen and oxygen atoms in total. The van der Waals surface area contributed by atoms with Crippen LogP contribution in [0.2, 0.25) is 0 Å². The van der Waals surface area contributed by atoms with Crippen molar-refractivity contribution in [2.45, 2.75) is 63.3 Å². The lowest BCUT2D eigenvalue weighted by Gasteiger charge is -2.40. The second-order valence-corrected chi connectivity index (χ2v) is 10.9. The second kappa shape index (κ2) is 9.58. The van der Waals surface area contributed by atoms with Crippen LogP contribution in [0, 0.1) is 0 Å². The summed E-state index contributed by atoms with van der Waals surface area (Å²) in [7, 11) is 0. The van der Waals surface area contributed by atoms with Crippen LogP contribution in [0.1, 0.15) is 53.9 Å². The van der Waals surface area contributed by atoms with Crippen LogP contribution in [0.15, 0.2) is 30.5 Å². The van der Waals surface area contributed by atoms with Gasteiger partial charge in [0.15, 0.2) is 0 Å². The van der Waals surface area contributed by atoms with Crippen LogP contribution in [0.4, 0.5) is 23.2 Å². The summed E-state index contributed by atoms with van der Waals surface area (Å²) in [5.41, 5.74) is 7.08. The number of alkyl halides is 4. The van der Waals surface area contributed by atoms with Crippen molar-refractivity contribution in [1.29, 1.82) is 0 Å². The number of nitrogens with zero attached hydrogens (tertiary/aromatic N) is 3. The first-order valence-corrected chi connectivity index (χ1v) is 13.3. The number of anilines is 1. The third-order valence-electron chi connectivity index (χ3n) is 8.27. The molecule has 2 N–H and O–H groups in total. The molecule has 3 aliphatic rings. The van der Waals surface area contributed by atoms with E-state index in [2.05, 4.69) is 32.3 Å². The molecule has 1 fully saturated rings. The van der Waals surface area contributed by atoms with Gasteiger partial charge in [0, 0.05) is 48.3 Å². The number of rotatable bonds is 7. The molecule has 4 heterocycles. The Bertz CT molecular complexity index is 1270. The zero-order valence-electron chi connectivity index (χ0n) is 21.0. The summed E-state index contributed by atoms with van der Waals surface area (Å²) >= 11 is 0. The number of hydrogen-bond donors (Lipinski definition) is 2. The van der Waals surface area contributed by atoms with Crippen molar-refractivity contribution in [3.05, 3.63) is 58.5 Å². The van der Waals surface area contributed by atoms with Crippen molar-refractivity contribution in [1.82, 2.24) is 19.8 Å². The van der Waals surface area contributed by atoms with Crippen molar-refractivity contribution in [3.8, 4) is 0 Å². The van der Waals surface area contributed by atoms with Crippen LogP contribution in [0.5, 0.6) is 0 Å². The van der Waals surface area contributed by atoms with Gasteiger partial charge in [-0.25, -0.2) is 0 Å². The quantitative estimate of drug-likeness (QED) is 0.414. The third kappa shape index (κ3) is 4.83. The van der Waals surface area contributed by atoms with Gasteiger partial charge >= 0.3 is 6.18 Å². The van der Waals surface area contributed by atoms with Gasteiger partial charge in [-0.1, -0.05) is 0 Å². The fraction of sp³-hybridized carbons (Fsp3) is 0.536. The number of aryl methyl sites for hydroxylation is 2. The van der Waals surface area contributed by atoms with Gasteiger partial charge in [-0.15, -0.1) is 0 Å². The minimum Gasteiger partial charge on any atom is -0.380 e. The Balaban J connectivity index is 1.29. The summed E-state index contributed by atoms with van der Waals surface area (Å²) in [4.78, 5) is 12.0. The molecular weight excluding hydrogens is 482 g/mol. The second-order valence-electron chi connectivity index (χ2n) is 10.9. The molecule has 1 aliphatic carbocycles. The first-order chi connectivity index (χ1) is 17.8. The van der Waals surface area contributed by atoms with Gasteiger partial charge in [0.1, 0.15) is 0 Å². The Kier molecular flexibility index (Phi) is 6.39. The van der Waals surface area contributed by atoms with Crippen molar-refractivity contribution < 1.29 is 17.6 Å². The number of nitrogens with one attached hydrogen (secondary N) is 2. The van der Waals surface area contributed by atoms with Gasteiger partial charge < -0.3 is 15.2 Å². The average Bonchev–Trinajstić information content (AvgIpc) is 3.43. The van der Waals surface area contributed by atoms with Gasteiger partial charge in [-0.05, 0) is 80.0 Å². The molecule has 2 aromatic heterocycles. The maximum Gasteiger partial charge on any atom is 0.401 e. The lowest BCUT2D eigenvalue weighted by atomic mass is 9.85. The van der Waals surface area contributed by atoms with Crippen LogP contribution in [0.25, 0.3) is 10.9 Å². The number of pyridine rings is 1. The first kappa shape index (κ1) is 24.7. The molecule has 0 saturated carbocycles. The molecule has 3 aromatic rings. The highest BCUT2D eigenvalue weighted by Crippen LogP contribution is 2.43. The minimum absolute atomic E-state index is 0.252. The summed E-state index contributed by atoms with van der Waals surface area (Å²) in [5, 5.41) is 4.63. The van der Waals surface area contributed by atoms with Gasteiger partial charge in [0.05, 0.1) is 36.8 Å². The zero-order valence-corrected chi connectivity index (χ0v) is 21.0. The van der Waals surface area contributed by atoms with E-state index in [1.54, 1.807) is 6.20 Å². The predicted octanol–water partition coefficient (Wildman–Crippen LogP) is 5.41. The summed E-state index contributed by atoms with van der Waals surface area (Å²) in [6, 6.07) is 7.54. The number of halogens is 4. The molecule has 198 valence electrons. The van der Waals surface area contributed by atoms with Crippen molar-refractivity contribution in [2.24, 2.45) is 0 Å². The molecule has 1 saturated heterocycles. The fourth-order valence-electron chi connectivity index (χ4n) is 6.35. The summed E-state index contributed by atoms with van der Waals surface area (Å²) in [6.45, 7) is 3.14. The Morgan fingerprint density at radius 3 is 2.68 bits per heavy atom. The van der Waals surface area contributed by atoms with Crippen molar-refractivity contribution in [3.63, 3.8) is 0 Å². The largest absolute Gasteiger partial charge is 0.401 e. The van der Waals surface area contributed by atoms with E-state index in [9.17, 15) is 17.6 Å². The van der Waals surface area contributed by atoms with Crippen LogP contribution in [-0.4, -0.2) is 70.9 Å². The molecule has 0 bridgehead atoms. The Labute approximate surface area is 214 Å². The molecule has 37 heavy (non-hydrogen) atoms. The number of likely N-dealkylation sites (tertiary alicyclic amines) is 1. The Hall–Kier alpha value is -2.65. The fourth-order valence-corrected chi connectivity index (χ4v) is 6.35. The number of aromatic nitrogens is 2. The molecule has 2 unspecified atom stereocenters. The maximum absolute atomic E-state index is 13.7. The van der Waals surface area contributed by atoms with E-state index < -0.39 is 18.8 Å². The first-order valence-electron chi connectivity index (χ1n) is 13.3. The van der Waals surface area contributed by atoms with Crippen LogP contribution in [-0.2, 0) is 19.3 Å². The highest BCUT2D eigenvalue weighted by molar-refractivity contribution is 5.87. The normalized spacial score (nSPS) is 24.2. The minimum atomic E-state index is -4.31. The van der Waals surface area contributed by atoms with E-state index in [0.29, 0.717) is 18.5 Å². The number of H-pyrrole nitrogens is 1. The van der Waals surface area contributed by atoms with Gasteiger partial charge in [-0.3, -0.25) is 14.3 Å². The van der Waals surface area contributed by atoms with Gasteiger partial charge in [0.2, 0.25) is 0 Å². The number of hydrogen-bond acceptors (Lipinski definition) is 4. The molecule has 1 aromatic carbocycles. The number of aromatic amines is 1. The Morgan fingerprint density at radius 1 is 1.16 bits per heavy atom.